The molecule has 25 heavy (non-hydrogen) atoms. The molecule has 0 unspecified atom stereocenters. The van der Waals surface area contributed by atoms with E-state index >= 15 is 0 Å². The van der Waals surface area contributed by atoms with Crippen LogP contribution in [-0.2, 0) is 0 Å². The first-order chi connectivity index (χ1) is 12.4. The Hall–Kier alpha value is -3.09. The lowest BCUT2D eigenvalue weighted by Crippen LogP contribution is -2.24. The van der Waals surface area contributed by atoms with E-state index in [4.69, 9.17) is 14.5 Å². The highest BCUT2D eigenvalue weighted by Gasteiger charge is 2.29. The van der Waals surface area contributed by atoms with Gasteiger partial charge in [0.25, 0.3) is 0 Å². The van der Waals surface area contributed by atoms with Crippen LogP contribution in [0, 0.1) is 0 Å². The summed E-state index contributed by atoms with van der Waals surface area (Å²) in [6.45, 7) is 1.25. The summed E-state index contributed by atoms with van der Waals surface area (Å²) in [4.78, 5) is 11.4. The van der Waals surface area contributed by atoms with Crippen LogP contribution >= 0.6 is 0 Å². The number of hydrogen-bond donors (Lipinski definition) is 0. The normalized spacial score (nSPS) is 18.7. The van der Waals surface area contributed by atoms with Gasteiger partial charge in [-0.1, -0.05) is 6.07 Å². The molecule has 2 aromatic heterocycles. The quantitative estimate of drug-likeness (QED) is 0.733. The highest BCUT2D eigenvalue weighted by Crippen LogP contribution is 2.40. The van der Waals surface area contributed by atoms with Gasteiger partial charge >= 0.3 is 0 Å². The molecule has 3 aromatic rings. The summed E-state index contributed by atoms with van der Waals surface area (Å²) in [5.74, 6) is 3.22. The SMILES string of the molecule is c1cnn(-c2cncc(N3CCC[C@H]3c3ccc4c(c3)OCO4)n2)c1. The van der Waals surface area contributed by atoms with E-state index in [2.05, 4.69) is 27.1 Å². The predicted molar refractivity (Wildman–Crippen MR) is 91.0 cm³/mol. The zero-order valence-corrected chi connectivity index (χ0v) is 13.6. The fourth-order valence-electron chi connectivity index (χ4n) is 3.51. The Balaban J connectivity index is 1.48. The van der Waals surface area contributed by atoms with Crippen molar-refractivity contribution in [3.63, 3.8) is 0 Å². The minimum absolute atomic E-state index is 0.261. The first kappa shape index (κ1) is 14.3. The van der Waals surface area contributed by atoms with Crippen molar-refractivity contribution in [3.8, 4) is 17.3 Å². The molecule has 1 fully saturated rings. The number of benzene rings is 1. The van der Waals surface area contributed by atoms with Gasteiger partial charge in [0.05, 0.1) is 18.4 Å². The summed E-state index contributed by atoms with van der Waals surface area (Å²) in [6.07, 6.45) is 9.34. The van der Waals surface area contributed by atoms with Gasteiger partial charge in [-0.2, -0.15) is 5.10 Å². The second kappa shape index (κ2) is 5.77. The summed E-state index contributed by atoms with van der Waals surface area (Å²) in [5, 5.41) is 4.24. The van der Waals surface area contributed by atoms with Crippen molar-refractivity contribution in [2.75, 3.05) is 18.2 Å². The van der Waals surface area contributed by atoms with E-state index in [1.807, 2.05) is 24.5 Å². The highest BCUT2D eigenvalue weighted by atomic mass is 16.7. The van der Waals surface area contributed by atoms with Gasteiger partial charge in [0.1, 0.15) is 5.82 Å². The van der Waals surface area contributed by atoms with Crippen molar-refractivity contribution >= 4 is 5.82 Å². The fourth-order valence-corrected chi connectivity index (χ4v) is 3.51. The molecule has 5 rings (SSSR count). The summed E-state index contributed by atoms with van der Waals surface area (Å²) in [5.41, 5.74) is 1.22. The lowest BCUT2D eigenvalue weighted by Gasteiger charge is -2.26. The fraction of sp³-hybridized carbons (Fsp3) is 0.278. The summed E-state index contributed by atoms with van der Waals surface area (Å²) in [6, 6.07) is 8.31. The number of nitrogens with zero attached hydrogens (tertiary/aromatic N) is 5. The Bertz CT molecular complexity index is 896. The Kier molecular flexibility index (Phi) is 3.29. The topological polar surface area (TPSA) is 65.3 Å². The average Bonchev–Trinajstić information content (AvgIpc) is 3.42. The van der Waals surface area contributed by atoms with E-state index < -0.39 is 0 Å². The molecule has 0 amide bonds. The maximum Gasteiger partial charge on any atom is 0.231 e. The molecule has 1 saturated heterocycles. The minimum Gasteiger partial charge on any atom is -0.454 e. The number of aromatic nitrogens is 4. The van der Waals surface area contributed by atoms with Crippen molar-refractivity contribution in [2.24, 2.45) is 0 Å². The standard InChI is InChI=1S/C18H17N5O2/c1-3-14(13-4-5-15-16(9-13)25-12-24-15)22(7-1)17-10-19-11-18(21-17)23-8-2-6-20-23/h2,4-6,8-11,14H,1,3,7,12H2/t14-/m0/s1. The molecule has 2 aliphatic heterocycles. The van der Waals surface area contributed by atoms with Crippen LogP contribution in [0.4, 0.5) is 5.82 Å². The third-order valence-electron chi connectivity index (χ3n) is 4.68. The molecular weight excluding hydrogens is 318 g/mol. The molecule has 126 valence electrons. The second-order valence-electron chi connectivity index (χ2n) is 6.15. The maximum atomic E-state index is 5.53. The number of hydrogen-bond acceptors (Lipinski definition) is 6. The van der Waals surface area contributed by atoms with Crippen LogP contribution in [0.15, 0.2) is 49.1 Å². The number of anilines is 1. The van der Waals surface area contributed by atoms with Crippen molar-refractivity contribution in [1.82, 2.24) is 19.7 Å². The zero-order chi connectivity index (χ0) is 16.6. The Morgan fingerprint density at radius 1 is 1.08 bits per heavy atom. The molecule has 1 aromatic carbocycles. The highest BCUT2D eigenvalue weighted by molar-refractivity contribution is 5.49. The van der Waals surface area contributed by atoms with Gasteiger partial charge < -0.3 is 14.4 Å². The molecule has 0 saturated carbocycles. The maximum absolute atomic E-state index is 5.53. The van der Waals surface area contributed by atoms with E-state index in [-0.39, 0.29) is 6.04 Å². The van der Waals surface area contributed by atoms with Gasteiger partial charge in [-0.3, -0.25) is 4.98 Å². The molecule has 0 bridgehead atoms. The van der Waals surface area contributed by atoms with E-state index in [0.29, 0.717) is 6.79 Å². The average molecular weight is 335 g/mol. The van der Waals surface area contributed by atoms with Crippen molar-refractivity contribution < 1.29 is 9.47 Å². The number of rotatable bonds is 3. The van der Waals surface area contributed by atoms with Crippen LogP contribution in [0.2, 0.25) is 0 Å². The molecule has 4 heterocycles. The molecule has 7 heteroatoms. The molecular formula is C18H17N5O2. The van der Waals surface area contributed by atoms with Crippen LogP contribution in [0.25, 0.3) is 5.82 Å². The number of ether oxygens (including phenoxy) is 2. The smallest absolute Gasteiger partial charge is 0.231 e. The van der Waals surface area contributed by atoms with Crippen LogP contribution in [0.1, 0.15) is 24.4 Å². The van der Waals surface area contributed by atoms with Crippen molar-refractivity contribution in [1.29, 1.82) is 0 Å². The lowest BCUT2D eigenvalue weighted by atomic mass is 10.0. The Labute approximate surface area is 144 Å². The lowest BCUT2D eigenvalue weighted by molar-refractivity contribution is 0.174. The van der Waals surface area contributed by atoms with Crippen molar-refractivity contribution in [2.45, 2.75) is 18.9 Å². The van der Waals surface area contributed by atoms with Crippen molar-refractivity contribution in [3.05, 3.63) is 54.6 Å². The third-order valence-corrected chi connectivity index (χ3v) is 4.68. The van der Waals surface area contributed by atoms with E-state index in [0.717, 1.165) is 42.5 Å². The zero-order valence-electron chi connectivity index (χ0n) is 13.6. The second-order valence-corrected chi connectivity index (χ2v) is 6.15. The summed E-state index contributed by atoms with van der Waals surface area (Å²) in [7, 11) is 0. The molecule has 1 atom stereocenters. The first-order valence-electron chi connectivity index (χ1n) is 8.37. The Morgan fingerprint density at radius 2 is 2.00 bits per heavy atom. The third kappa shape index (κ3) is 2.48. The van der Waals surface area contributed by atoms with Gasteiger partial charge in [-0.25, -0.2) is 9.67 Å². The largest absolute Gasteiger partial charge is 0.454 e. The molecule has 0 aliphatic carbocycles. The van der Waals surface area contributed by atoms with Crippen LogP contribution in [0.5, 0.6) is 11.5 Å². The van der Waals surface area contributed by atoms with Gasteiger partial charge in [0, 0.05) is 18.9 Å². The molecule has 2 aliphatic rings. The molecule has 0 N–H and O–H groups in total. The number of fused-ring (bicyclic) bond motifs is 1. The summed E-state index contributed by atoms with van der Waals surface area (Å²) >= 11 is 0. The van der Waals surface area contributed by atoms with Gasteiger partial charge in [0.2, 0.25) is 6.79 Å². The molecule has 7 nitrogen and oxygen atoms in total. The van der Waals surface area contributed by atoms with Gasteiger partial charge in [-0.15, -0.1) is 0 Å². The van der Waals surface area contributed by atoms with E-state index in [1.54, 1.807) is 17.1 Å². The summed E-state index contributed by atoms with van der Waals surface area (Å²) < 4.78 is 12.7. The van der Waals surface area contributed by atoms with Crippen LogP contribution in [0.3, 0.4) is 0 Å². The first-order valence-corrected chi connectivity index (χ1v) is 8.37. The van der Waals surface area contributed by atoms with Gasteiger partial charge in [-0.05, 0) is 36.6 Å². The predicted octanol–water partition coefficient (Wildman–Crippen LogP) is 2.73. The van der Waals surface area contributed by atoms with Crippen LogP contribution < -0.4 is 14.4 Å². The van der Waals surface area contributed by atoms with Crippen LogP contribution in [-0.4, -0.2) is 33.1 Å². The molecule has 0 radical (unpaired) electrons. The monoisotopic (exact) mass is 335 g/mol. The van der Waals surface area contributed by atoms with E-state index in [9.17, 15) is 0 Å². The Morgan fingerprint density at radius 3 is 2.92 bits per heavy atom. The van der Waals surface area contributed by atoms with Gasteiger partial charge in [0.15, 0.2) is 17.3 Å². The van der Waals surface area contributed by atoms with E-state index in [1.165, 1.54) is 5.56 Å². The molecule has 0 spiro atoms. The minimum atomic E-state index is 0.261.